The van der Waals surface area contributed by atoms with Gasteiger partial charge < -0.3 is 4.90 Å². The molecule has 1 fully saturated rings. The van der Waals surface area contributed by atoms with Crippen molar-refractivity contribution < 1.29 is 4.79 Å². The van der Waals surface area contributed by atoms with Crippen molar-refractivity contribution in [1.82, 2.24) is 4.90 Å². The van der Waals surface area contributed by atoms with E-state index < -0.39 is 0 Å². The molecule has 0 radical (unpaired) electrons. The standard InChI is InChI=1S/C13H14BrCl2NO/c14-6-4-9-5-7-17(8-9)13(18)10-2-1-3-11(15)12(10)16/h1-3,9H,4-8H2. The number of rotatable bonds is 3. The van der Waals surface area contributed by atoms with Crippen molar-refractivity contribution in [3.8, 4) is 0 Å². The van der Waals surface area contributed by atoms with Gasteiger partial charge in [-0.1, -0.05) is 45.2 Å². The van der Waals surface area contributed by atoms with Gasteiger partial charge in [0.1, 0.15) is 0 Å². The summed E-state index contributed by atoms with van der Waals surface area (Å²) in [6.45, 7) is 1.62. The molecule has 1 heterocycles. The zero-order valence-electron chi connectivity index (χ0n) is 9.83. The van der Waals surface area contributed by atoms with Gasteiger partial charge in [0.05, 0.1) is 15.6 Å². The molecule has 1 amide bonds. The predicted octanol–water partition coefficient (Wildman–Crippen LogP) is 4.24. The van der Waals surface area contributed by atoms with Crippen LogP contribution in [-0.4, -0.2) is 29.2 Å². The monoisotopic (exact) mass is 349 g/mol. The minimum atomic E-state index is -0.0143. The summed E-state index contributed by atoms with van der Waals surface area (Å²) in [6, 6.07) is 5.18. The van der Waals surface area contributed by atoms with Crippen molar-refractivity contribution in [3.05, 3.63) is 33.8 Å². The average Bonchev–Trinajstić information content (AvgIpc) is 2.81. The third-order valence-corrected chi connectivity index (χ3v) is 4.55. The SMILES string of the molecule is O=C(c1cccc(Cl)c1Cl)N1CCC(CCBr)C1. The third kappa shape index (κ3) is 3.01. The molecule has 1 aromatic carbocycles. The second kappa shape index (κ2) is 6.27. The van der Waals surface area contributed by atoms with E-state index in [0.29, 0.717) is 21.5 Å². The van der Waals surface area contributed by atoms with E-state index in [1.807, 2.05) is 4.90 Å². The van der Waals surface area contributed by atoms with Crippen molar-refractivity contribution in [2.24, 2.45) is 5.92 Å². The Balaban J connectivity index is 2.11. The first-order valence-corrected chi connectivity index (χ1v) is 7.80. The van der Waals surface area contributed by atoms with Crippen LogP contribution in [0.5, 0.6) is 0 Å². The molecular formula is C13H14BrCl2NO. The maximum absolute atomic E-state index is 12.3. The summed E-state index contributed by atoms with van der Waals surface area (Å²) in [6.07, 6.45) is 2.17. The number of nitrogens with zero attached hydrogens (tertiary/aromatic N) is 1. The highest BCUT2D eigenvalue weighted by atomic mass is 79.9. The fourth-order valence-electron chi connectivity index (χ4n) is 2.25. The molecule has 2 rings (SSSR count). The summed E-state index contributed by atoms with van der Waals surface area (Å²) < 4.78 is 0. The molecule has 0 N–H and O–H groups in total. The van der Waals surface area contributed by atoms with Crippen LogP contribution in [0.3, 0.4) is 0 Å². The van der Waals surface area contributed by atoms with Gasteiger partial charge in [-0.15, -0.1) is 0 Å². The maximum Gasteiger partial charge on any atom is 0.255 e. The van der Waals surface area contributed by atoms with Crippen molar-refractivity contribution in [2.75, 3.05) is 18.4 Å². The van der Waals surface area contributed by atoms with Gasteiger partial charge in [0.2, 0.25) is 0 Å². The van der Waals surface area contributed by atoms with Crippen LogP contribution >= 0.6 is 39.1 Å². The van der Waals surface area contributed by atoms with Crippen LogP contribution in [0.1, 0.15) is 23.2 Å². The number of hydrogen-bond acceptors (Lipinski definition) is 1. The molecule has 1 aromatic rings. The fourth-order valence-corrected chi connectivity index (χ4v) is 3.28. The zero-order valence-corrected chi connectivity index (χ0v) is 12.9. The van der Waals surface area contributed by atoms with Crippen molar-refractivity contribution >= 4 is 45.0 Å². The van der Waals surface area contributed by atoms with E-state index in [1.165, 1.54) is 0 Å². The number of amides is 1. The lowest BCUT2D eigenvalue weighted by molar-refractivity contribution is 0.0787. The normalized spacial score (nSPS) is 19.3. The Hall–Kier alpha value is -0.250. The Morgan fingerprint density at radius 1 is 1.44 bits per heavy atom. The highest BCUT2D eigenvalue weighted by Gasteiger charge is 2.27. The summed E-state index contributed by atoms with van der Waals surface area (Å²) in [5, 5.41) is 1.77. The first kappa shape index (κ1) is 14.2. The van der Waals surface area contributed by atoms with Gasteiger partial charge in [0.15, 0.2) is 0 Å². The molecule has 18 heavy (non-hydrogen) atoms. The number of hydrogen-bond donors (Lipinski definition) is 0. The largest absolute Gasteiger partial charge is 0.338 e. The Bertz CT molecular complexity index is 453. The van der Waals surface area contributed by atoms with Gasteiger partial charge in [-0.05, 0) is 30.9 Å². The van der Waals surface area contributed by atoms with E-state index in [9.17, 15) is 4.79 Å². The van der Waals surface area contributed by atoms with E-state index in [2.05, 4.69) is 15.9 Å². The van der Waals surface area contributed by atoms with E-state index in [1.54, 1.807) is 18.2 Å². The molecule has 0 bridgehead atoms. The molecule has 1 unspecified atom stereocenters. The molecule has 2 nitrogen and oxygen atoms in total. The summed E-state index contributed by atoms with van der Waals surface area (Å²) in [4.78, 5) is 14.2. The number of alkyl halides is 1. The molecule has 0 aromatic heterocycles. The fraction of sp³-hybridized carbons (Fsp3) is 0.462. The van der Waals surface area contributed by atoms with Crippen LogP contribution in [0.4, 0.5) is 0 Å². The topological polar surface area (TPSA) is 20.3 Å². The van der Waals surface area contributed by atoms with E-state index in [4.69, 9.17) is 23.2 Å². The highest BCUT2D eigenvalue weighted by molar-refractivity contribution is 9.09. The molecule has 0 spiro atoms. The lowest BCUT2D eigenvalue weighted by atomic mass is 10.1. The molecule has 5 heteroatoms. The van der Waals surface area contributed by atoms with Gasteiger partial charge in [-0.2, -0.15) is 0 Å². The van der Waals surface area contributed by atoms with Crippen LogP contribution in [0, 0.1) is 5.92 Å². The van der Waals surface area contributed by atoms with Gasteiger partial charge >= 0.3 is 0 Å². The molecule has 1 aliphatic heterocycles. The zero-order chi connectivity index (χ0) is 13.1. The summed E-state index contributed by atoms with van der Waals surface area (Å²) >= 11 is 15.5. The molecule has 1 atom stereocenters. The first-order valence-electron chi connectivity index (χ1n) is 5.92. The van der Waals surface area contributed by atoms with Crippen molar-refractivity contribution in [3.63, 3.8) is 0 Å². The molecule has 1 saturated heterocycles. The van der Waals surface area contributed by atoms with E-state index >= 15 is 0 Å². The van der Waals surface area contributed by atoms with E-state index in [-0.39, 0.29) is 5.91 Å². The molecule has 0 saturated carbocycles. The molecule has 98 valence electrons. The highest BCUT2D eigenvalue weighted by Crippen LogP contribution is 2.28. The van der Waals surface area contributed by atoms with Gasteiger partial charge in [-0.25, -0.2) is 0 Å². The minimum Gasteiger partial charge on any atom is -0.338 e. The van der Waals surface area contributed by atoms with Crippen molar-refractivity contribution in [1.29, 1.82) is 0 Å². The van der Waals surface area contributed by atoms with Gasteiger partial charge in [-0.3, -0.25) is 4.79 Å². The molecule has 0 aliphatic carbocycles. The van der Waals surface area contributed by atoms with Crippen LogP contribution in [-0.2, 0) is 0 Å². The Morgan fingerprint density at radius 2 is 2.22 bits per heavy atom. The third-order valence-electron chi connectivity index (χ3n) is 3.27. The summed E-state index contributed by atoms with van der Waals surface area (Å²) in [7, 11) is 0. The van der Waals surface area contributed by atoms with Crippen LogP contribution in [0.25, 0.3) is 0 Å². The molecule has 1 aliphatic rings. The smallest absolute Gasteiger partial charge is 0.255 e. The van der Waals surface area contributed by atoms with Gasteiger partial charge in [0.25, 0.3) is 5.91 Å². The first-order chi connectivity index (χ1) is 8.63. The van der Waals surface area contributed by atoms with Crippen LogP contribution in [0.2, 0.25) is 10.0 Å². The summed E-state index contributed by atoms with van der Waals surface area (Å²) in [5.74, 6) is 0.575. The quantitative estimate of drug-likeness (QED) is 0.746. The average molecular weight is 351 g/mol. The van der Waals surface area contributed by atoms with Gasteiger partial charge in [0, 0.05) is 18.4 Å². The second-order valence-electron chi connectivity index (χ2n) is 4.48. The van der Waals surface area contributed by atoms with Crippen molar-refractivity contribution in [2.45, 2.75) is 12.8 Å². The van der Waals surface area contributed by atoms with Crippen LogP contribution < -0.4 is 0 Å². The number of carbonyl (C=O) groups excluding carboxylic acids is 1. The number of benzene rings is 1. The maximum atomic E-state index is 12.3. The second-order valence-corrected chi connectivity index (χ2v) is 6.06. The lowest BCUT2D eigenvalue weighted by Gasteiger charge is -2.17. The minimum absolute atomic E-state index is 0.0143. The Kier molecular flexibility index (Phi) is 4.93. The number of halogens is 3. The Labute approximate surface area is 125 Å². The Morgan fingerprint density at radius 3 is 2.94 bits per heavy atom. The number of likely N-dealkylation sites (tertiary alicyclic amines) is 1. The van der Waals surface area contributed by atoms with E-state index in [0.717, 1.165) is 31.3 Å². The summed E-state index contributed by atoms with van der Waals surface area (Å²) in [5.41, 5.74) is 0.503. The number of carbonyl (C=O) groups is 1. The molecular weight excluding hydrogens is 337 g/mol. The predicted molar refractivity (Wildman–Crippen MR) is 78.9 cm³/mol. The van der Waals surface area contributed by atoms with Crippen LogP contribution in [0.15, 0.2) is 18.2 Å². The lowest BCUT2D eigenvalue weighted by Crippen LogP contribution is -2.29.